The van der Waals surface area contributed by atoms with Gasteiger partial charge in [0.25, 0.3) is 0 Å². The molecule has 111 valence electrons. The Bertz CT molecular complexity index is 570. The minimum Gasteiger partial charge on any atom is -0.179 e. The van der Waals surface area contributed by atoms with Gasteiger partial charge in [0.2, 0.25) is 0 Å². The SMILES string of the molecule is CS[Si](c1c(C)cc(C)cc1C)c1c(C)cc(C)cc1C. The van der Waals surface area contributed by atoms with Crippen LogP contribution < -0.4 is 10.4 Å². The summed E-state index contributed by atoms with van der Waals surface area (Å²) in [4.78, 5) is 0. The van der Waals surface area contributed by atoms with Gasteiger partial charge >= 0.3 is 0 Å². The Hall–Kier alpha value is -0.993. The van der Waals surface area contributed by atoms with E-state index in [2.05, 4.69) is 72.1 Å². The van der Waals surface area contributed by atoms with Gasteiger partial charge in [-0.1, -0.05) is 57.6 Å². The molecule has 0 nitrogen and oxygen atoms in total. The minimum atomic E-state index is -0.776. The highest BCUT2D eigenvalue weighted by Crippen LogP contribution is 2.16. The lowest BCUT2D eigenvalue weighted by Gasteiger charge is -2.23. The normalized spacial score (nSPS) is 11.2. The predicted octanol–water partition coefficient (Wildman–Crippen LogP) is 4.01. The van der Waals surface area contributed by atoms with Crippen molar-refractivity contribution in [3.05, 3.63) is 57.6 Å². The largest absolute Gasteiger partial charge is 0.190 e. The Morgan fingerprint density at radius 2 is 0.905 bits per heavy atom. The summed E-state index contributed by atoms with van der Waals surface area (Å²) >= 11 is 2.05. The van der Waals surface area contributed by atoms with Crippen LogP contribution in [0.3, 0.4) is 0 Å². The summed E-state index contributed by atoms with van der Waals surface area (Å²) in [5.74, 6) is 0. The Morgan fingerprint density at radius 3 is 1.14 bits per heavy atom. The highest BCUT2D eigenvalue weighted by molar-refractivity contribution is 8.27. The second-order valence-electron chi connectivity index (χ2n) is 6.08. The molecular weight excluding hydrogens is 288 g/mol. The monoisotopic (exact) mass is 313 g/mol. The van der Waals surface area contributed by atoms with E-state index in [0.717, 1.165) is 0 Å². The molecule has 0 aliphatic heterocycles. The molecule has 21 heavy (non-hydrogen) atoms. The lowest BCUT2D eigenvalue weighted by Crippen LogP contribution is -2.45. The number of hydrogen-bond acceptors (Lipinski definition) is 1. The fourth-order valence-electron chi connectivity index (χ4n) is 3.41. The maximum absolute atomic E-state index is 2.34. The van der Waals surface area contributed by atoms with Crippen LogP contribution in [0.15, 0.2) is 24.3 Å². The highest BCUT2D eigenvalue weighted by Gasteiger charge is 2.24. The summed E-state index contributed by atoms with van der Waals surface area (Å²) in [6.07, 6.45) is 2.27. The molecule has 2 aromatic rings. The van der Waals surface area contributed by atoms with E-state index in [1.165, 1.54) is 33.4 Å². The van der Waals surface area contributed by atoms with Gasteiger partial charge < -0.3 is 0 Å². The van der Waals surface area contributed by atoms with E-state index in [1.54, 1.807) is 10.4 Å². The highest BCUT2D eigenvalue weighted by atomic mass is 32.4. The molecular formula is C19H25SSi. The van der Waals surface area contributed by atoms with E-state index in [-0.39, 0.29) is 0 Å². The van der Waals surface area contributed by atoms with Crippen LogP contribution in [0.4, 0.5) is 0 Å². The number of rotatable bonds is 3. The lowest BCUT2D eigenvalue weighted by atomic mass is 10.1. The molecule has 0 aliphatic carbocycles. The Labute approximate surface area is 135 Å². The topological polar surface area (TPSA) is 0 Å². The van der Waals surface area contributed by atoms with Crippen LogP contribution in [-0.2, 0) is 0 Å². The van der Waals surface area contributed by atoms with Crippen molar-refractivity contribution >= 4 is 29.5 Å². The fourth-order valence-corrected chi connectivity index (χ4v) is 8.94. The van der Waals surface area contributed by atoms with Crippen LogP contribution in [-0.4, -0.2) is 14.2 Å². The van der Waals surface area contributed by atoms with Crippen molar-refractivity contribution in [2.45, 2.75) is 41.5 Å². The maximum atomic E-state index is 2.34. The van der Waals surface area contributed by atoms with Gasteiger partial charge in [-0.3, -0.25) is 0 Å². The molecule has 0 fully saturated rings. The first-order chi connectivity index (χ1) is 9.85. The summed E-state index contributed by atoms with van der Waals surface area (Å²) in [7, 11) is -0.776. The molecule has 1 radical (unpaired) electrons. The third kappa shape index (κ3) is 3.27. The molecule has 2 heteroatoms. The minimum absolute atomic E-state index is 0.776. The fraction of sp³-hybridized carbons (Fsp3) is 0.368. The average molecular weight is 314 g/mol. The number of aryl methyl sites for hydroxylation is 6. The molecule has 0 atom stereocenters. The molecule has 2 aromatic carbocycles. The van der Waals surface area contributed by atoms with Crippen LogP contribution in [0.2, 0.25) is 0 Å². The molecule has 0 bridgehead atoms. The zero-order chi connectivity index (χ0) is 15.7. The molecule has 0 saturated carbocycles. The van der Waals surface area contributed by atoms with Crippen molar-refractivity contribution in [2.24, 2.45) is 0 Å². The van der Waals surface area contributed by atoms with Crippen molar-refractivity contribution in [3.63, 3.8) is 0 Å². The molecule has 0 N–H and O–H groups in total. The third-order valence-electron chi connectivity index (χ3n) is 4.01. The summed E-state index contributed by atoms with van der Waals surface area (Å²) in [6.45, 7) is 13.5. The molecule has 0 saturated heterocycles. The Morgan fingerprint density at radius 1 is 0.619 bits per heavy atom. The molecule has 0 spiro atoms. The summed E-state index contributed by atoms with van der Waals surface area (Å²) in [6, 6.07) is 9.34. The average Bonchev–Trinajstić information content (AvgIpc) is 2.34. The van der Waals surface area contributed by atoms with Crippen molar-refractivity contribution in [1.82, 2.24) is 0 Å². The van der Waals surface area contributed by atoms with Crippen LogP contribution in [0.1, 0.15) is 33.4 Å². The van der Waals surface area contributed by atoms with Crippen LogP contribution >= 0.6 is 11.2 Å². The number of benzene rings is 2. The smallest absolute Gasteiger partial charge is 0.179 e. The van der Waals surface area contributed by atoms with E-state index in [1.807, 2.05) is 11.2 Å². The third-order valence-corrected chi connectivity index (χ3v) is 9.36. The molecule has 0 unspecified atom stereocenters. The standard InChI is InChI=1S/C19H25SSi/c1-12-8-14(3)18(15(4)9-12)21(20-7)19-16(5)10-13(2)11-17(19)6/h8-11H,1-7H3. The van der Waals surface area contributed by atoms with Crippen LogP contribution in [0.25, 0.3) is 0 Å². The molecule has 0 aromatic heterocycles. The quantitative estimate of drug-likeness (QED) is 0.772. The van der Waals surface area contributed by atoms with E-state index >= 15 is 0 Å². The molecule has 2 rings (SSSR count). The summed E-state index contributed by atoms with van der Waals surface area (Å²) in [5.41, 5.74) is 8.55. The van der Waals surface area contributed by atoms with Crippen molar-refractivity contribution in [1.29, 1.82) is 0 Å². The van der Waals surface area contributed by atoms with Gasteiger partial charge in [-0.05, 0) is 58.2 Å². The van der Waals surface area contributed by atoms with Gasteiger partial charge in [0, 0.05) is 0 Å². The van der Waals surface area contributed by atoms with Crippen LogP contribution in [0.5, 0.6) is 0 Å². The van der Waals surface area contributed by atoms with Gasteiger partial charge in [-0.25, -0.2) is 0 Å². The number of hydrogen-bond donors (Lipinski definition) is 0. The van der Waals surface area contributed by atoms with E-state index < -0.39 is 7.95 Å². The van der Waals surface area contributed by atoms with Crippen LogP contribution in [0, 0.1) is 41.5 Å². The lowest BCUT2D eigenvalue weighted by molar-refractivity contribution is 1.34. The Balaban J connectivity index is 2.66. The van der Waals surface area contributed by atoms with Gasteiger partial charge in [0.1, 0.15) is 0 Å². The zero-order valence-corrected chi connectivity index (χ0v) is 16.0. The molecule has 0 heterocycles. The van der Waals surface area contributed by atoms with Crippen molar-refractivity contribution < 1.29 is 0 Å². The van der Waals surface area contributed by atoms with Gasteiger partial charge in [0.15, 0.2) is 7.95 Å². The first-order valence-electron chi connectivity index (χ1n) is 7.42. The summed E-state index contributed by atoms with van der Waals surface area (Å²) in [5, 5.41) is 3.18. The zero-order valence-electron chi connectivity index (χ0n) is 14.2. The summed E-state index contributed by atoms with van der Waals surface area (Å²) < 4.78 is 0. The van der Waals surface area contributed by atoms with Gasteiger partial charge in [-0.15, -0.1) is 0 Å². The van der Waals surface area contributed by atoms with E-state index in [0.29, 0.717) is 0 Å². The second-order valence-corrected chi connectivity index (χ2v) is 10.6. The second kappa shape index (κ2) is 6.41. The van der Waals surface area contributed by atoms with Crippen molar-refractivity contribution in [2.75, 3.05) is 6.26 Å². The first kappa shape index (κ1) is 16.4. The van der Waals surface area contributed by atoms with E-state index in [4.69, 9.17) is 0 Å². The first-order valence-corrected chi connectivity index (χ1v) is 10.9. The maximum Gasteiger partial charge on any atom is 0.190 e. The predicted molar refractivity (Wildman–Crippen MR) is 99.8 cm³/mol. The van der Waals surface area contributed by atoms with Gasteiger partial charge in [0.05, 0.1) is 0 Å². The molecule has 0 aliphatic rings. The van der Waals surface area contributed by atoms with Gasteiger partial charge in [-0.2, -0.15) is 11.2 Å². The molecule has 0 amide bonds. The van der Waals surface area contributed by atoms with Crippen molar-refractivity contribution in [3.8, 4) is 0 Å². The Kier molecular flexibility index (Phi) is 5.00. The van der Waals surface area contributed by atoms with E-state index in [9.17, 15) is 0 Å².